The number of methoxy groups -OCH3 is 2. The van der Waals surface area contributed by atoms with Crippen molar-refractivity contribution in [2.45, 2.75) is 96.5 Å². The molecule has 0 N–H and O–H groups in total. The molecule has 0 aromatic carbocycles. The molecule has 1 atom stereocenters. The highest BCUT2D eigenvalue weighted by atomic mass is 16.7. The molecule has 0 aromatic heterocycles. The number of unbranched alkanes of at least 4 members (excludes halogenated alkanes) is 8. The maximum atomic E-state index is 11.0. The summed E-state index contributed by atoms with van der Waals surface area (Å²) in [5.41, 5.74) is 0. The lowest BCUT2D eigenvalue weighted by Crippen LogP contribution is -2.16. The highest BCUT2D eigenvalue weighted by Gasteiger charge is 2.07. The SMILES string of the molecule is CCCCCC[C@H](C/C=C/CCCCCCCC(=O)OC)OCOCCOC. The lowest BCUT2D eigenvalue weighted by Gasteiger charge is -2.16. The van der Waals surface area contributed by atoms with Crippen molar-refractivity contribution in [3.63, 3.8) is 0 Å². The second-order valence-corrected chi connectivity index (χ2v) is 7.25. The van der Waals surface area contributed by atoms with Crippen molar-refractivity contribution in [2.24, 2.45) is 0 Å². The molecule has 0 amide bonds. The number of rotatable bonds is 21. The maximum absolute atomic E-state index is 11.0. The van der Waals surface area contributed by atoms with Crippen LogP contribution in [0.4, 0.5) is 0 Å². The third kappa shape index (κ3) is 19.8. The first-order chi connectivity index (χ1) is 13.7. The average molecular weight is 401 g/mol. The Balaban J connectivity index is 3.78. The first kappa shape index (κ1) is 27.1. The highest BCUT2D eigenvalue weighted by Crippen LogP contribution is 2.13. The Bertz CT molecular complexity index is 357. The number of ether oxygens (including phenoxy) is 4. The molecule has 0 fully saturated rings. The summed E-state index contributed by atoms with van der Waals surface area (Å²) in [6.45, 7) is 3.77. The van der Waals surface area contributed by atoms with Gasteiger partial charge in [0, 0.05) is 13.5 Å². The summed E-state index contributed by atoms with van der Waals surface area (Å²) in [6.07, 6.45) is 19.2. The minimum absolute atomic E-state index is 0.0986. The molecule has 0 aliphatic carbocycles. The average Bonchev–Trinajstić information content (AvgIpc) is 2.71. The van der Waals surface area contributed by atoms with Crippen LogP contribution in [0.1, 0.15) is 90.4 Å². The van der Waals surface area contributed by atoms with Gasteiger partial charge < -0.3 is 18.9 Å². The van der Waals surface area contributed by atoms with Crippen molar-refractivity contribution in [3.8, 4) is 0 Å². The van der Waals surface area contributed by atoms with Crippen LogP contribution in [0.5, 0.6) is 0 Å². The van der Waals surface area contributed by atoms with Crippen LogP contribution in [0.3, 0.4) is 0 Å². The van der Waals surface area contributed by atoms with Gasteiger partial charge in [0.1, 0.15) is 6.79 Å². The van der Waals surface area contributed by atoms with Crippen LogP contribution in [-0.2, 0) is 23.7 Å². The molecular formula is C23H44O5. The standard InChI is InChI=1S/C23H44O5/c1-4-5-6-13-16-22(28-21-27-20-19-25-2)17-14-11-9-7-8-10-12-15-18-23(24)26-3/h11,14,22H,4-10,12-13,15-21H2,1-3H3/b14-11+/t22-/m1/s1. The summed E-state index contributed by atoms with van der Waals surface area (Å²) >= 11 is 0. The van der Waals surface area contributed by atoms with Crippen LogP contribution in [0.25, 0.3) is 0 Å². The lowest BCUT2D eigenvalue weighted by atomic mass is 10.1. The Morgan fingerprint density at radius 1 is 0.893 bits per heavy atom. The van der Waals surface area contributed by atoms with Crippen LogP contribution in [-0.4, -0.2) is 46.3 Å². The van der Waals surface area contributed by atoms with Gasteiger partial charge in [0.05, 0.1) is 26.4 Å². The minimum Gasteiger partial charge on any atom is -0.469 e. The number of hydrogen-bond acceptors (Lipinski definition) is 5. The molecular weight excluding hydrogens is 356 g/mol. The van der Waals surface area contributed by atoms with Crippen molar-refractivity contribution < 1.29 is 23.7 Å². The minimum atomic E-state index is -0.0986. The molecule has 5 heteroatoms. The summed E-state index contributed by atoms with van der Waals surface area (Å²) in [5, 5.41) is 0. The molecule has 0 aliphatic rings. The van der Waals surface area contributed by atoms with Crippen molar-refractivity contribution in [3.05, 3.63) is 12.2 Å². The topological polar surface area (TPSA) is 54.0 Å². The van der Waals surface area contributed by atoms with E-state index in [2.05, 4.69) is 23.8 Å². The van der Waals surface area contributed by atoms with Gasteiger partial charge in [-0.05, 0) is 32.1 Å². The number of esters is 1. The molecule has 166 valence electrons. The van der Waals surface area contributed by atoms with Crippen molar-refractivity contribution >= 4 is 5.97 Å². The van der Waals surface area contributed by atoms with Gasteiger partial charge in [0.25, 0.3) is 0 Å². The van der Waals surface area contributed by atoms with Gasteiger partial charge in [-0.15, -0.1) is 0 Å². The Morgan fingerprint density at radius 3 is 2.39 bits per heavy atom. The fourth-order valence-corrected chi connectivity index (χ4v) is 2.94. The Kier molecular flexibility index (Phi) is 21.7. The zero-order valence-electron chi connectivity index (χ0n) is 18.6. The second-order valence-electron chi connectivity index (χ2n) is 7.25. The van der Waals surface area contributed by atoms with E-state index < -0.39 is 0 Å². The van der Waals surface area contributed by atoms with Crippen LogP contribution < -0.4 is 0 Å². The van der Waals surface area contributed by atoms with Crippen LogP contribution in [0.15, 0.2) is 12.2 Å². The summed E-state index contributed by atoms with van der Waals surface area (Å²) < 4.78 is 21.0. The summed E-state index contributed by atoms with van der Waals surface area (Å²) in [6, 6.07) is 0. The van der Waals surface area contributed by atoms with Crippen molar-refractivity contribution in [2.75, 3.05) is 34.2 Å². The normalized spacial score (nSPS) is 12.5. The summed E-state index contributed by atoms with van der Waals surface area (Å²) in [7, 11) is 3.12. The quantitative estimate of drug-likeness (QED) is 0.105. The fraction of sp³-hybridized carbons (Fsp3) is 0.870. The first-order valence-electron chi connectivity index (χ1n) is 11.1. The molecule has 0 bridgehead atoms. The zero-order valence-corrected chi connectivity index (χ0v) is 18.6. The fourth-order valence-electron chi connectivity index (χ4n) is 2.94. The summed E-state index contributed by atoms with van der Waals surface area (Å²) in [4.78, 5) is 11.0. The molecule has 28 heavy (non-hydrogen) atoms. The third-order valence-corrected chi connectivity index (χ3v) is 4.74. The van der Waals surface area contributed by atoms with Gasteiger partial charge in [-0.3, -0.25) is 4.79 Å². The number of allylic oxidation sites excluding steroid dienone is 1. The van der Waals surface area contributed by atoms with Gasteiger partial charge in [0.2, 0.25) is 0 Å². The van der Waals surface area contributed by atoms with E-state index >= 15 is 0 Å². The van der Waals surface area contributed by atoms with E-state index in [-0.39, 0.29) is 12.1 Å². The van der Waals surface area contributed by atoms with E-state index in [0.29, 0.717) is 26.4 Å². The smallest absolute Gasteiger partial charge is 0.305 e. The molecule has 0 saturated carbocycles. The van der Waals surface area contributed by atoms with E-state index in [0.717, 1.165) is 32.1 Å². The maximum Gasteiger partial charge on any atom is 0.305 e. The lowest BCUT2D eigenvalue weighted by molar-refractivity contribution is -0.140. The van der Waals surface area contributed by atoms with Gasteiger partial charge in [-0.1, -0.05) is 64.0 Å². The third-order valence-electron chi connectivity index (χ3n) is 4.74. The van der Waals surface area contributed by atoms with E-state index in [9.17, 15) is 4.79 Å². The molecule has 0 heterocycles. The summed E-state index contributed by atoms with van der Waals surface area (Å²) in [5.74, 6) is -0.0986. The Labute approximate surface area is 173 Å². The number of carbonyl (C=O) groups excluding carboxylic acids is 1. The van der Waals surface area contributed by atoms with Crippen LogP contribution in [0, 0.1) is 0 Å². The van der Waals surface area contributed by atoms with E-state index in [4.69, 9.17) is 14.2 Å². The second kappa shape index (κ2) is 22.4. The molecule has 0 spiro atoms. The molecule has 5 nitrogen and oxygen atoms in total. The largest absolute Gasteiger partial charge is 0.469 e. The molecule has 0 radical (unpaired) electrons. The Morgan fingerprint density at radius 2 is 1.64 bits per heavy atom. The van der Waals surface area contributed by atoms with Gasteiger partial charge in [-0.2, -0.15) is 0 Å². The predicted octanol–water partition coefficient (Wildman–Crippen LogP) is 5.81. The van der Waals surface area contributed by atoms with Gasteiger partial charge >= 0.3 is 5.97 Å². The molecule has 0 unspecified atom stereocenters. The first-order valence-corrected chi connectivity index (χ1v) is 11.1. The monoisotopic (exact) mass is 400 g/mol. The van der Waals surface area contributed by atoms with Crippen LogP contribution in [0.2, 0.25) is 0 Å². The number of carbonyl (C=O) groups is 1. The van der Waals surface area contributed by atoms with Crippen molar-refractivity contribution in [1.82, 2.24) is 0 Å². The molecule has 0 saturated heterocycles. The Hall–Kier alpha value is -0.910. The van der Waals surface area contributed by atoms with Crippen molar-refractivity contribution in [1.29, 1.82) is 0 Å². The van der Waals surface area contributed by atoms with Crippen LogP contribution >= 0.6 is 0 Å². The van der Waals surface area contributed by atoms with E-state index in [1.807, 2.05) is 0 Å². The van der Waals surface area contributed by atoms with E-state index in [1.54, 1.807) is 7.11 Å². The highest BCUT2D eigenvalue weighted by molar-refractivity contribution is 5.68. The molecule has 0 aromatic rings. The number of hydrogen-bond donors (Lipinski definition) is 0. The van der Waals surface area contributed by atoms with Gasteiger partial charge in [-0.25, -0.2) is 0 Å². The predicted molar refractivity (Wildman–Crippen MR) is 114 cm³/mol. The molecule has 0 aliphatic heterocycles. The zero-order chi connectivity index (χ0) is 20.7. The molecule has 0 rings (SSSR count). The van der Waals surface area contributed by atoms with Gasteiger partial charge in [0.15, 0.2) is 0 Å². The van der Waals surface area contributed by atoms with E-state index in [1.165, 1.54) is 52.1 Å².